The zero-order valence-corrected chi connectivity index (χ0v) is 10.3. The Morgan fingerprint density at radius 1 is 1.24 bits per heavy atom. The molecular weight excluding hydrogens is 229 g/mol. The van der Waals surface area contributed by atoms with Crippen molar-refractivity contribution in [3.05, 3.63) is 0 Å². The minimum Gasteiger partial charge on any atom is -0.314 e. The molecule has 0 aromatic rings. The van der Waals surface area contributed by atoms with Crippen LogP contribution in [0.3, 0.4) is 0 Å². The summed E-state index contributed by atoms with van der Waals surface area (Å²) < 4.78 is 36.6. The Hall–Kier alpha value is -0.290. The number of rotatable bonds is 4. The molecule has 0 spiro atoms. The maximum atomic E-state index is 12.2. The highest BCUT2D eigenvalue weighted by molar-refractivity contribution is 4.86. The first-order chi connectivity index (χ1) is 7.94. The molecule has 1 saturated heterocycles. The van der Waals surface area contributed by atoms with Crippen LogP contribution in [-0.4, -0.2) is 43.3 Å². The standard InChI is InChI=1S/C12H21F3N2/c1-9-6-10(9)7-16-11-2-4-17(5-3-11)8-12(13,14)15/h9-11,16H,2-8H2,1H3. The van der Waals surface area contributed by atoms with E-state index in [0.717, 1.165) is 31.2 Å². The zero-order valence-electron chi connectivity index (χ0n) is 10.3. The van der Waals surface area contributed by atoms with Gasteiger partial charge in [-0.3, -0.25) is 4.90 Å². The maximum Gasteiger partial charge on any atom is 0.401 e. The molecule has 0 amide bonds. The fourth-order valence-corrected chi connectivity index (χ4v) is 2.55. The van der Waals surface area contributed by atoms with Crippen molar-refractivity contribution < 1.29 is 13.2 Å². The third-order valence-corrected chi connectivity index (χ3v) is 3.94. The van der Waals surface area contributed by atoms with Gasteiger partial charge in [-0.2, -0.15) is 13.2 Å². The Morgan fingerprint density at radius 2 is 1.82 bits per heavy atom. The van der Waals surface area contributed by atoms with Crippen molar-refractivity contribution in [2.75, 3.05) is 26.2 Å². The highest BCUT2D eigenvalue weighted by Gasteiger charge is 2.34. The third kappa shape index (κ3) is 4.47. The number of nitrogens with zero attached hydrogens (tertiary/aromatic N) is 1. The molecular formula is C12H21F3N2. The van der Waals surface area contributed by atoms with Gasteiger partial charge in [0.2, 0.25) is 0 Å². The van der Waals surface area contributed by atoms with Gasteiger partial charge in [0, 0.05) is 6.04 Å². The molecule has 2 aliphatic rings. The second-order valence-corrected chi connectivity index (χ2v) is 5.55. The van der Waals surface area contributed by atoms with E-state index in [1.807, 2.05) is 0 Å². The summed E-state index contributed by atoms with van der Waals surface area (Å²) in [7, 11) is 0. The molecule has 1 N–H and O–H groups in total. The second kappa shape index (κ2) is 5.14. The smallest absolute Gasteiger partial charge is 0.314 e. The lowest BCUT2D eigenvalue weighted by atomic mass is 10.0. The van der Waals surface area contributed by atoms with Crippen LogP contribution in [0.1, 0.15) is 26.2 Å². The minimum atomic E-state index is -4.05. The van der Waals surface area contributed by atoms with Crippen molar-refractivity contribution in [3.63, 3.8) is 0 Å². The summed E-state index contributed by atoms with van der Waals surface area (Å²) >= 11 is 0. The summed E-state index contributed by atoms with van der Waals surface area (Å²) in [6.45, 7) is 3.68. The molecule has 5 heteroatoms. The van der Waals surface area contributed by atoms with Crippen LogP contribution in [0.4, 0.5) is 13.2 Å². The highest BCUT2D eigenvalue weighted by atomic mass is 19.4. The summed E-state index contributed by atoms with van der Waals surface area (Å²) in [6, 6.07) is 0.423. The van der Waals surface area contributed by atoms with Crippen molar-refractivity contribution >= 4 is 0 Å². The van der Waals surface area contributed by atoms with Crippen LogP contribution in [-0.2, 0) is 0 Å². The molecule has 2 unspecified atom stereocenters. The number of hydrogen-bond acceptors (Lipinski definition) is 2. The Bertz CT molecular complexity index is 247. The van der Waals surface area contributed by atoms with Gasteiger partial charge in [-0.25, -0.2) is 0 Å². The van der Waals surface area contributed by atoms with Gasteiger partial charge in [0.25, 0.3) is 0 Å². The Labute approximate surface area is 101 Å². The molecule has 2 nitrogen and oxygen atoms in total. The van der Waals surface area contributed by atoms with Gasteiger partial charge >= 0.3 is 6.18 Å². The summed E-state index contributed by atoms with van der Waals surface area (Å²) in [5.41, 5.74) is 0. The molecule has 0 aromatic carbocycles. The predicted molar refractivity (Wildman–Crippen MR) is 60.8 cm³/mol. The lowest BCUT2D eigenvalue weighted by Crippen LogP contribution is -2.46. The lowest BCUT2D eigenvalue weighted by Gasteiger charge is -2.32. The van der Waals surface area contributed by atoms with Crippen molar-refractivity contribution in [1.29, 1.82) is 0 Å². The molecule has 0 radical (unpaired) electrons. The number of piperidine rings is 1. The van der Waals surface area contributed by atoms with E-state index in [4.69, 9.17) is 0 Å². The fourth-order valence-electron chi connectivity index (χ4n) is 2.55. The molecule has 0 aromatic heterocycles. The maximum absolute atomic E-state index is 12.2. The first-order valence-electron chi connectivity index (χ1n) is 6.46. The number of halogens is 3. The van der Waals surface area contributed by atoms with Gasteiger partial charge in [0.05, 0.1) is 6.54 Å². The van der Waals surface area contributed by atoms with E-state index in [1.54, 1.807) is 0 Å². The number of hydrogen-bond donors (Lipinski definition) is 1. The van der Waals surface area contributed by atoms with Crippen LogP contribution in [0.2, 0.25) is 0 Å². The first kappa shape index (κ1) is 13.1. The zero-order chi connectivity index (χ0) is 12.5. The van der Waals surface area contributed by atoms with Crippen molar-refractivity contribution in [2.24, 2.45) is 11.8 Å². The van der Waals surface area contributed by atoms with Crippen LogP contribution in [0.15, 0.2) is 0 Å². The van der Waals surface area contributed by atoms with Gasteiger partial charge in [0.15, 0.2) is 0 Å². The topological polar surface area (TPSA) is 15.3 Å². The van der Waals surface area contributed by atoms with Gasteiger partial charge < -0.3 is 5.32 Å². The average molecular weight is 250 g/mol. The molecule has 1 aliphatic carbocycles. The molecule has 100 valence electrons. The largest absolute Gasteiger partial charge is 0.401 e. The predicted octanol–water partition coefficient (Wildman–Crippen LogP) is 2.26. The second-order valence-electron chi connectivity index (χ2n) is 5.55. The Kier molecular flexibility index (Phi) is 3.98. The molecule has 1 saturated carbocycles. The van der Waals surface area contributed by atoms with E-state index >= 15 is 0 Å². The SMILES string of the molecule is CC1CC1CNC1CCN(CC(F)(F)F)CC1. The summed E-state index contributed by atoms with van der Waals surface area (Å²) in [6.07, 6.45) is -1.06. The molecule has 17 heavy (non-hydrogen) atoms. The molecule has 2 rings (SSSR count). The molecule has 1 aliphatic heterocycles. The van der Waals surface area contributed by atoms with Crippen LogP contribution in [0.5, 0.6) is 0 Å². The van der Waals surface area contributed by atoms with Crippen LogP contribution >= 0.6 is 0 Å². The van der Waals surface area contributed by atoms with E-state index < -0.39 is 12.7 Å². The van der Waals surface area contributed by atoms with E-state index in [1.165, 1.54) is 11.3 Å². The number of nitrogens with one attached hydrogen (secondary N) is 1. The molecule has 1 heterocycles. The van der Waals surface area contributed by atoms with Crippen molar-refractivity contribution in [2.45, 2.75) is 38.4 Å². The van der Waals surface area contributed by atoms with Gasteiger partial charge in [0.1, 0.15) is 0 Å². The molecule has 0 bridgehead atoms. The van der Waals surface area contributed by atoms with Gasteiger partial charge in [-0.05, 0) is 50.7 Å². The van der Waals surface area contributed by atoms with Crippen molar-refractivity contribution in [1.82, 2.24) is 10.2 Å². The number of alkyl halides is 3. The summed E-state index contributed by atoms with van der Waals surface area (Å²) in [4.78, 5) is 1.51. The van der Waals surface area contributed by atoms with Crippen molar-refractivity contribution in [3.8, 4) is 0 Å². The Balaban J connectivity index is 1.60. The molecule has 2 fully saturated rings. The lowest BCUT2D eigenvalue weighted by molar-refractivity contribution is -0.148. The summed E-state index contributed by atoms with van der Waals surface area (Å²) in [5, 5.41) is 3.49. The summed E-state index contributed by atoms with van der Waals surface area (Å²) in [5.74, 6) is 1.65. The molecule has 2 atom stereocenters. The first-order valence-corrected chi connectivity index (χ1v) is 6.46. The fraction of sp³-hybridized carbons (Fsp3) is 1.00. The van der Waals surface area contributed by atoms with E-state index in [-0.39, 0.29) is 0 Å². The third-order valence-electron chi connectivity index (χ3n) is 3.94. The van der Waals surface area contributed by atoms with E-state index in [0.29, 0.717) is 19.1 Å². The Morgan fingerprint density at radius 3 is 2.29 bits per heavy atom. The minimum absolute atomic E-state index is 0.423. The van der Waals surface area contributed by atoms with E-state index in [2.05, 4.69) is 12.2 Å². The highest BCUT2D eigenvalue weighted by Crippen LogP contribution is 2.37. The van der Waals surface area contributed by atoms with E-state index in [9.17, 15) is 13.2 Å². The monoisotopic (exact) mass is 250 g/mol. The van der Waals surface area contributed by atoms with Gasteiger partial charge in [-0.15, -0.1) is 0 Å². The van der Waals surface area contributed by atoms with Crippen LogP contribution in [0, 0.1) is 11.8 Å². The van der Waals surface area contributed by atoms with Crippen LogP contribution < -0.4 is 5.32 Å². The normalized spacial score (nSPS) is 31.8. The van der Waals surface area contributed by atoms with Crippen LogP contribution in [0.25, 0.3) is 0 Å². The van der Waals surface area contributed by atoms with Gasteiger partial charge in [-0.1, -0.05) is 6.92 Å². The quantitative estimate of drug-likeness (QED) is 0.823. The average Bonchev–Trinajstić information content (AvgIpc) is 2.91. The number of likely N-dealkylation sites (tertiary alicyclic amines) is 1.